The molecule has 8 heteroatoms. The van der Waals surface area contributed by atoms with Crippen molar-refractivity contribution in [1.29, 1.82) is 0 Å². The van der Waals surface area contributed by atoms with Crippen molar-refractivity contribution in [3.05, 3.63) is 28.3 Å². The first-order valence-corrected chi connectivity index (χ1v) is 6.81. The second-order valence-corrected chi connectivity index (χ2v) is 5.79. The molecular weight excluding hydrogens is 258 g/mol. The van der Waals surface area contributed by atoms with E-state index >= 15 is 0 Å². The summed E-state index contributed by atoms with van der Waals surface area (Å²) in [6.07, 6.45) is 0. The van der Waals surface area contributed by atoms with Crippen molar-refractivity contribution in [2.24, 2.45) is 11.1 Å². The van der Waals surface area contributed by atoms with E-state index in [0.717, 1.165) is 6.07 Å². The molecular formula is C10H15N3O4S. The lowest BCUT2D eigenvalue weighted by Crippen LogP contribution is -2.17. The summed E-state index contributed by atoms with van der Waals surface area (Å²) in [4.78, 5) is 9.67. The standard InChI is InChI=1S/C10H15N3O4S/c1-7(2)6-12-9-4-3-8(13(14)15)5-10(9)18(11,16)17/h3-5,7,12H,6H2,1-2H3,(H2,11,16,17). The molecule has 0 bridgehead atoms. The van der Waals surface area contributed by atoms with Gasteiger partial charge in [0.1, 0.15) is 4.90 Å². The lowest BCUT2D eigenvalue weighted by atomic mass is 10.2. The maximum absolute atomic E-state index is 11.4. The van der Waals surface area contributed by atoms with Crippen LogP contribution in [0.15, 0.2) is 23.1 Å². The second kappa shape index (κ2) is 5.32. The van der Waals surface area contributed by atoms with Gasteiger partial charge in [-0.2, -0.15) is 0 Å². The Morgan fingerprint density at radius 3 is 2.50 bits per heavy atom. The van der Waals surface area contributed by atoms with Crippen LogP contribution in [0, 0.1) is 16.0 Å². The van der Waals surface area contributed by atoms with Crippen molar-refractivity contribution < 1.29 is 13.3 Å². The number of nitro groups is 1. The molecule has 0 saturated carbocycles. The molecule has 1 aromatic carbocycles. The normalized spacial score (nSPS) is 11.6. The fraction of sp³-hybridized carbons (Fsp3) is 0.400. The zero-order valence-corrected chi connectivity index (χ0v) is 10.9. The van der Waals surface area contributed by atoms with Gasteiger partial charge in [0.15, 0.2) is 0 Å². The Balaban J connectivity index is 3.22. The molecule has 7 nitrogen and oxygen atoms in total. The molecule has 0 aliphatic rings. The van der Waals surface area contributed by atoms with Crippen molar-refractivity contribution in [2.75, 3.05) is 11.9 Å². The lowest BCUT2D eigenvalue weighted by Gasteiger charge is -2.12. The molecule has 100 valence electrons. The summed E-state index contributed by atoms with van der Waals surface area (Å²) in [5.41, 5.74) is -0.0362. The molecule has 0 aliphatic carbocycles. The smallest absolute Gasteiger partial charge is 0.270 e. The molecule has 3 N–H and O–H groups in total. The topological polar surface area (TPSA) is 115 Å². The highest BCUT2D eigenvalue weighted by molar-refractivity contribution is 7.89. The van der Waals surface area contributed by atoms with Crippen LogP contribution in [-0.2, 0) is 10.0 Å². The number of hydrogen-bond acceptors (Lipinski definition) is 5. The largest absolute Gasteiger partial charge is 0.384 e. The van der Waals surface area contributed by atoms with Crippen LogP contribution in [0.2, 0.25) is 0 Å². The number of nitrogens with zero attached hydrogens (tertiary/aromatic N) is 1. The van der Waals surface area contributed by atoms with Crippen LogP contribution >= 0.6 is 0 Å². The van der Waals surface area contributed by atoms with Crippen LogP contribution in [0.25, 0.3) is 0 Å². The Morgan fingerprint density at radius 1 is 1.44 bits per heavy atom. The van der Waals surface area contributed by atoms with E-state index in [4.69, 9.17) is 5.14 Å². The van der Waals surface area contributed by atoms with Crippen LogP contribution in [0.4, 0.5) is 11.4 Å². The van der Waals surface area contributed by atoms with Gasteiger partial charge in [-0.1, -0.05) is 13.8 Å². The van der Waals surface area contributed by atoms with Crippen LogP contribution in [0.1, 0.15) is 13.8 Å². The van der Waals surface area contributed by atoms with Crippen molar-refractivity contribution >= 4 is 21.4 Å². The van der Waals surface area contributed by atoms with Crippen LogP contribution < -0.4 is 10.5 Å². The van der Waals surface area contributed by atoms with Gasteiger partial charge in [0, 0.05) is 18.7 Å². The molecule has 0 heterocycles. The van der Waals surface area contributed by atoms with E-state index in [1.54, 1.807) is 0 Å². The quantitative estimate of drug-likeness (QED) is 0.620. The van der Waals surface area contributed by atoms with Crippen molar-refractivity contribution in [1.82, 2.24) is 0 Å². The Labute approximate surface area is 105 Å². The van der Waals surface area contributed by atoms with E-state index in [0.29, 0.717) is 12.5 Å². The van der Waals surface area contributed by atoms with E-state index in [1.165, 1.54) is 12.1 Å². The predicted molar refractivity (Wildman–Crippen MR) is 67.8 cm³/mol. The van der Waals surface area contributed by atoms with Crippen LogP contribution in [-0.4, -0.2) is 19.9 Å². The lowest BCUT2D eigenvalue weighted by molar-refractivity contribution is -0.385. The van der Waals surface area contributed by atoms with Crippen molar-refractivity contribution in [3.8, 4) is 0 Å². The van der Waals surface area contributed by atoms with E-state index in [-0.39, 0.29) is 16.3 Å². The van der Waals surface area contributed by atoms with Gasteiger partial charge in [-0.15, -0.1) is 0 Å². The van der Waals surface area contributed by atoms with E-state index in [9.17, 15) is 18.5 Å². The highest BCUT2D eigenvalue weighted by Gasteiger charge is 2.18. The minimum absolute atomic E-state index is 0.266. The van der Waals surface area contributed by atoms with Gasteiger partial charge in [0.05, 0.1) is 10.6 Å². The second-order valence-electron chi connectivity index (χ2n) is 4.26. The van der Waals surface area contributed by atoms with Crippen LogP contribution in [0.3, 0.4) is 0 Å². The first kappa shape index (κ1) is 14.4. The maximum Gasteiger partial charge on any atom is 0.270 e. The zero-order chi connectivity index (χ0) is 13.9. The Kier molecular flexibility index (Phi) is 4.25. The number of primary sulfonamides is 1. The Hall–Kier alpha value is -1.67. The van der Waals surface area contributed by atoms with Gasteiger partial charge in [-0.3, -0.25) is 10.1 Å². The molecule has 0 spiro atoms. The fourth-order valence-corrected chi connectivity index (χ4v) is 2.05. The minimum atomic E-state index is -4.00. The Morgan fingerprint density at radius 2 is 2.06 bits per heavy atom. The molecule has 0 aliphatic heterocycles. The van der Waals surface area contributed by atoms with Gasteiger partial charge in [0.2, 0.25) is 10.0 Å². The highest BCUT2D eigenvalue weighted by Crippen LogP contribution is 2.25. The molecule has 0 fully saturated rings. The van der Waals surface area contributed by atoms with Crippen molar-refractivity contribution in [3.63, 3.8) is 0 Å². The summed E-state index contributed by atoms with van der Waals surface area (Å²) in [6, 6.07) is 3.54. The predicted octanol–water partition coefficient (Wildman–Crippen LogP) is 1.31. The Bertz CT molecular complexity index is 554. The molecule has 0 unspecified atom stereocenters. The molecule has 0 aromatic heterocycles. The van der Waals surface area contributed by atoms with Gasteiger partial charge in [-0.25, -0.2) is 13.6 Å². The molecule has 0 atom stereocenters. The first-order valence-electron chi connectivity index (χ1n) is 5.27. The van der Waals surface area contributed by atoms with E-state index < -0.39 is 14.9 Å². The average Bonchev–Trinajstić information content (AvgIpc) is 2.24. The molecule has 1 aromatic rings. The monoisotopic (exact) mass is 273 g/mol. The summed E-state index contributed by atoms with van der Waals surface area (Å²) in [5, 5.41) is 18.6. The molecule has 0 radical (unpaired) electrons. The maximum atomic E-state index is 11.4. The number of anilines is 1. The number of nitro benzene ring substituents is 1. The van der Waals surface area contributed by atoms with Gasteiger partial charge >= 0.3 is 0 Å². The van der Waals surface area contributed by atoms with E-state index in [1.807, 2.05) is 13.8 Å². The minimum Gasteiger partial charge on any atom is -0.384 e. The number of rotatable bonds is 5. The SMILES string of the molecule is CC(C)CNc1ccc([N+](=O)[O-])cc1S(N)(=O)=O. The number of hydrogen-bond donors (Lipinski definition) is 2. The highest BCUT2D eigenvalue weighted by atomic mass is 32.2. The first-order chi connectivity index (χ1) is 8.21. The summed E-state index contributed by atoms with van der Waals surface area (Å²) in [5.74, 6) is 0.300. The number of benzene rings is 1. The van der Waals surface area contributed by atoms with Crippen molar-refractivity contribution in [2.45, 2.75) is 18.7 Å². The summed E-state index contributed by atoms with van der Waals surface area (Å²) in [7, 11) is -4.00. The average molecular weight is 273 g/mol. The zero-order valence-electron chi connectivity index (χ0n) is 10.1. The molecule has 1 rings (SSSR count). The summed E-state index contributed by atoms with van der Waals surface area (Å²) >= 11 is 0. The number of nitrogens with two attached hydrogens (primary N) is 1. The summed E-state index contributed by atoms with van der Waals surface area (Å²) < 4.78 is 22.8. The third-order valence-corrected chi connectivity index (χ3v) is 3.13. The third kappa shape index (κ3) is 3.67. The fourth-order valence-electron chi connectivity index (χ4n) is 1.32. The van der Waals surface area contributed by atoms with Gasteiger partial charge in [0.25, 0.3) is 5.69 Å². The van der Waals surface area contributed by atoms with Gasteiger partial charge < -0.3 is 5.32 Å². The number of non-ortho nitro benzene ring substituents is 1. The number of nitrogens with one attached hydrogen (secondary N) is 1. The summed E-state index contributed by atoms with van der Waals surface area (Å²) in [6.45, 7) is 4.45. The molecule has 0 amide bonds. The third-order valence-electron chi connectivity index (χ3n) is 2.18. The van der Waals surface area contributed by atoms with Crippen LogP contribution in [0.5, 0.6) is 0 Å². The van der Waals surface area contributed by atoms with E-state index in [2.05, 4.69) is 5.32 Å². The van der Waals surface area contributed by atoms with Gasteiger partial charge in [-0.05, 0) is 12.0 Å². The number of sulfonamides is 1. The molecule has 0 saturated heterocycles. The molecule has 18 heavy (non-hydrogen) atoms.